The zero-order chi connectivity index (χ0) is 36.0. The second-order valence-electron chi connectivity index (χ2n) is 12.8. The van der Waals surface area contributed by atoms with Crippen molar-refractivity contribution in [3.63, 3.8) is 0 Å². The Morgan fingerprint density at radius 3 is 2.22 bits per heavy atom. The highest BCUT2D eigenvalue weighted by atomic mass is 16.5. The van der Waals surface area contributed by atoms with E-state index in [0.29, 0.717) is 59.2 Å². The lowest BCUT2D eigenvalue weighted by Gasteiger charge is -2.32. The normalized spacial score (nSPS) is 13.0. The van der Waals surface area contributed by atoms with E-state index in [2.05, 4.69) is 22.6 Å². The molecule has 0 radical (unpaired) electrons. The Labute approximate surface area is 300 Å². The van der Waals surface area contributed by atoms with E-state index in [1.807, 2.05) is 66.4 Å². The Balaban J connectivity index is 1.16. The average Bonchev–Trinajstić information content (AvgIpc) is 3.14. The first-order valence-electron chi connectivity index (χ1n) is 17.5. The van der Waals surface area contributed by atoms with Gasteiger partial charge in [0.1, 0.15) is 18.1 Å². The van der Waals surface area contributed by atoms with Crippen molar-refractivity contribution in [1.82, 2.24) is 9.80 Å². The SMILES string of the molecule is COCc1cc(C(=O)Nc2ccc(C)cc2OCCCCCC(=O)N2CCN(C)CC2)ccc1NC(=O)c1ccccc1OCc1ccccc1. The first-order valence-corrected chi connectivity index (χ1v) is 17.5. The third kappa shape index (κ3) is 10.9. The molecule has 3 amide bonds. The van der Waals surface area contributed by atoms with Gasteiger partial charge in [-0.3, -0.25) is 14.4 Å². The fourth-order valence-corrected chi connectivity index (χ4v) is 5.83. The number of ether oxygens (including phenoxy) is 3. The van der Waals surface area contributed by atoms with Crippen LogP contribution in [-0.4, -0.2) is 74.5 Å². The number of methoxy groups -OCH3 is 1. The fraction of sp³-hybridized carbons (Fsp3) is 0.341. The van der Waals surface area contributed by atoms with E-state index in [1.165, 1.54) is 0 Å². The first-order chi connectivity index (χ1) is 24.8. The molecule has 0 bridgehead atoms. The number of nitrogens with one attached hydrogen (secondary N) is 2. The minimum absolute atomic E-state index is 0.183. The Morgan fingerprint density at radius 2 is 1.43 bits per heavy atom. The number of carbonyl (C=O) groups is 3. The van der Waals surface area contributed by atoms with Crippen LogP contribution in [-0.2, 0) is 22.7 Å². The van der Waals surface area contributed by atoms with Crippen LogP contribution >= 0.6 is 0 Å². The number of unbranched alkanes of at least 4 members (excludes halogenated alkanes) is 2. The van der Waals surface area contributed by atoms with Crippen LogP contribution in [0.3, 0.4) is 0 Å². The van der Waals surface area contributed by atoms with Gasteiger partial charge in [0.2, 0.25) is 5.91 Å². The number of nitrogens with zero attached hydrogens (tertiary/aromatic N) is 2. The van der Waals surface area contributed by atoms with E-state index >= 15 is 0 Å². The summed E-state index contributed by atoms with van der Waals surface area (Å²) in [7, 11) is 3.64. The van der Waals surface area contributed by atoms with E-state index in [-0.39, 0.29) is 24.3 Å². The van der Waals surface area contributed by atoms with Gasteiger partial charge in [0, 0.05) is 56.5 Å². The predicted octanol–water partition coefficient (Wildman–Crippen LogP) is 6.94. The molecule has 5 rings (SSSR count). The van der Waals surface area contributed by atoms with Gasteiger partial charge >= 0.3 is 0 Å². The van der Waals surface area contributed by atoms with E-state index in [4.69, 9.17) is 14.2 Å². The summed E-state index contributed by atoms with van der Waals surface area (Å²) in [4.78, 5) is 43.6. The summed E-state index contributed by atoms with van der Waals surface area (Å²) in [5.74, 6) is 0.630. The molecule has 0 saturated carbocycles. The predicted molar refractivity (Wildman–Crippen MR) is 199 cm³/mol. The molecule has 0 aliphatic carbocycles. The first kappa shape index (κ1) is 37.1. The van der Waals surface area contributed by atoms with Gasteiger partial charge in [0.05, 0.1) is 24.5 Å². The van der Waals surface area contributed by atoms with Gasteiger partial charge in [-0.2, -0.15) is 0 Å². The second kappa shape index (κ2) is 18.7. The maximum Gasteiger partial charge on any atom is 0.259 e. The molecule has 0 atom stereocenters. The van der Waals surface area contributed by atoms with Crippen molar-refractivity contribution in [3.05, 3.63) is 119 Å². The molecule has 1 heterocycles. The van der Waals surface area contributed by atoms with Crippen molar-refractivity contribution < 1.29 is 28.6 Å². The summed E-state index contributed by atoms with van der Waals surface area (Å²) >= 11 is 0. The molecule has 1 fully saturated rings. The maximum atomic E-state index is 13.5. The minimum Gasteiger partial charge on any atom is -0.491 e. The Hall–Kier alpha value is -5.19. The molecule has 10 nitrogen and oxygen atoms in total. The molecule has 0 unspecified atom stereocenters. The van der Waals surface area contributed by atoms with Gasteiger partial charge in [-0.25, -0.2) is 0 Å². The van der Waals surface area contributed by atoms with Gasteiger partial charge in [-0.1, -0.05) is 48.5 Å². The molecule has 1 aliphatic rings. The van der Waals surface area contributed by atoms with Crippen LogP contribution in [0.1, 0.15) is 63.1 Å². The van der Waals surface area contributed by atoms with Gasteiger partial charge < -0.3 is 34.6 Å². The number of hydrogen-bond acceptors (Lipinski definition) is 7. The van der Waals surface area contributed by atoms with Gasteiger partial charge in [0.15, 0.2) is 0 Å². The summed E-state index contributed by atoms with van der Waals surface area (Å²) in [6.45, 7) is 6.41. The fourth-order valence-electron chi connectivity index (χ4n) is 5.83. The smallest absolute Gasteiger partial charge is 0.259 e. The molecule has 10 heteroatoms. The van der Waals surface area contributed by atoms with Crippen LogP contribution in [0.4, 0.5) is 11.4 Å². The highest BCUT2D eigenvalue weighted by Gasteiger charge is 2.19. The molecule has 4 aromatic rings. The summed E-state index contributed by atoms with van der Waals surface area (Å²) < 4.78 is 17.5. The molecular weight excluding hydrogens is 644 g/mol. The Morgan fingerprint density at radius 1 is 0.706 bits per heavy atom. The Bertz CT molecular complexity index is 1770. The van der Waals surface area contributed by atoms with Gasteiger partial charge in [-0.15, -0.1) is 0 Å². The lowest BCUT2D eigenvalue weighted by molar-refractivity contribution is -0.132. The van der Waals surface area contributed by atoms with Crippen LogP contribution in [0.2, 0.25) is 0 Å². The van der Waals surface area contributed by atoms with Crippen molar-refractivity contribution in [2.75, 3.05) is 57.6 Å². The van der Waals surface area contributed by atoms with E-state index < -0.39 is 0 Å². The zero-order valence-corrected chi connectivity index (χ0v) is 29.8. The molecule has 51 heavy (non-hydrogen) atoms. The average molecular weight is 693 g/mol. The van der Waals surface area contributed by atoms with E-state index in [1.54, 1.807) is 43.5 Å². The number of likely N-dealkylation sites (N-methyl/N-ethyl adjacent to an activating group) is 1. The number of amides is 3. The standard InChI is InChI=1S/C41H48N4O6/c1-30-17-19-36(38(26-30)50-25-11-5-8-16-39(46)45-23-21-44(2)22-24-45)43-40(47)32-18-20-35(33(27-32)29-49-3)42-41(48)34-14-9-10-15-37(34)51-28-31-12-6-4-7-13-31/h4,6-7,9-10,12-15,17-20,26-27H,5,8,11,16,21-25,28-29H2,1-3H3,(H,42,48)(H,43,47). The van der Waals surface area contributed by atoms with Crippen molar-refractivity contribution in [2.24, 2.45) is 0 Å². The number of aryl methyl sites for hydroxylation is 1. The molecule has 1 aliphatic heterocycles. The largest absolute Gasteiger partial charge is 0.491 e. The lowest BCUT2D eigenvalue weighted by atomic mass is 10.1. The highest BCUT2D eigenvalue weighted by Crippen LogP contribution is 2.28. The maximum absolute atomic E-state index is 13.5. The van der Waals surface area contributed by atoms with Gasteiger partial charge in [0.25, 0.3) is 11.8 Å². The molecule has 4 aromatic carbocycles. The van der Waals surface area contributed by atoms with Crippen LogP contribution in [0.25, 0.3) is 0 Å². The molecular formula is C41H48N4O6. The highest BCUT2D eigenvalue weighted by molar-refractivity contribution is 6.08. The minimum atomic E-state index is -0.337. The topological polar surface area (TPSA) is 109 Å². The number of carbonyl (C=O) groups excluding carboxylic acids is 3. The van der Waals surface area contributed by atoms with Gasteiger partial charge in [-0.05, 0) is 86.8 Å². The number of rotatable bonds is 16. The monoisotopic (exact) mass is 692 g/mol. The van der Waals surface area contributed by atoms with Crippen molar-refractivity contribution in [1.29, 1.82) is 0 Å². The van der Waals surface area contributed by atoms with Crippen molar-refractivity contribution in [3.8, 4) is 11.5 Å². The quantitative estimate of drug-likeness (QED) is 0.123. The number of anilines is 2. The second-order valence-corrected chi connectivity index (χ2v) is 12.8. The van der Waals surface area contributed by atoms with E-state index in [0.717, 1.165) is 56.6 Å². The lowest BCUT2D eigenvalue weighted by Crippen LogP contribution is -2.47. The summed E-state index contributed by atoms with van der Waals surface area (Å²) in [6, 6.07) is 27.6. The summed E-state index contributed by atoms with van der Waals surface area (Å²) in [5.41, 5.74) is 4.54. The van der Waals surface area contributed by atoms with Crippen LogP contribution < -0.4 is 20.1 Å². The zero-order valence-electron chi connectivity index (χ0n) is 29.8. The molecule has 1 saturated heterocycles. The van der Waals surface area contributed by atoms with Crippen molar-refractivity contribution in [2.45, 2.75) is 45.8 Å². The summed E-state index contributed by atoms with van der Waals surface area (Å²) in [5, 5.41) is 5.96. The molecule has 0 aromatic heterocycles. The third-order valence-electron chi connectivity index (χ3n) is 8.82. The van der Waals surface area contributed by atoms with Crippen molar-refractivity contribution >= 4 is 29.1 Å². The van der Waals surface area contributed by atoms with Crippen LogP contribution in [0.15, 0.2) is 91.0 Å². The third-order valence-corrected chi connectivity index (χ3v) is 8.82. The van der Waals surface area contributed by atoms with E-state index in [9.17, 15) is 14.4 Å². The molecule has 268 valence electrons. The molecule has 2 N–H and O–H groups in total. The number of hydrogen-bond donors (Lipinski definition) is 2. The van der Waals surface area contributed by atoms with Crippen LogP contribution in [0, 0.1) is 6.92 Å². The number of para-hydroxylation sites is 1. The number of piperazine rings is 1. The Kier molecular flexibility index (Phi) is 13.6. The molecule has 0 spiro atoms. The van der Waals surface area contributed by atoms with Crippen LogP contribution in [0.5, 0.6) is 11.5 Å². The summed E-state index contributed by atoms with van der Waals surface area (Å²) in [6.07, 6.45) is 3.05. The number of benzene rings is 4.